The summed E-state index contributed by atoms with van der Waals surface area (Å²) in [6.45, 7) is 13.7. The summed E-state index contributed by atoms with van der Waals surface area (Å²) in [6, 6.07) is 11.7. The van der Waals surface area contributed by atoms with Crippen molar-refractivity contribution in [2.45, 2.75) is 78.8 Å². The van der Waals surface area contributed by atoms with E-state index in [9.17, 15) is 0 Å². The number of hydrogen-bond acceptors (Lipinski definition) is 0. The van der Waals surface area contributed by atoms with E-state index in [2.05, 4.69) is 98.9 Å². The van der Waals surface area contributed by atoms with E-state index in [1.54, 1.807) is 0 Å². The molecule has 0 spiro atoms. The van der Waals surface area contributed by atoms with E-state index in [0.29, 0.717) is 0 Å². The van der Waals surface area contributed by atoms with Gasteiger partial charge in [-0.25, -0.2) is 9.13 Å². The molecule has 0 atom stereocenters. The second-order valence-electron chi connectivity index (χ2n) is 9.38. The van der Waals surface area contributed by atoms with Gasteiger partial charge in [0.2, 0.25) is 0 Å². The second-order valence-corrected chi connectivity index (χ2v) is 9.38. The van der Waals surface area contributed by atoms with Gasteiger partial charge in [-0.2, -0.15) is 0 Å². The Morgan fingerprint density at radius 1 is 0.733 bits per heavy atom. The van der Waals surface area contributed by atoms with Gasteiger partial charge in [0.15, 0.2) is 24.8 Å². The van der Waals surface area contributed by atoms with Gasteiger partial charge in [-0.15, -0.1) is 0 Å². The van der Waals surface area contributed by atoms with Crippen molar-refractivity contribution < 1.29 is 9.13 Å². The molecule has 2 nitrogen and oxygen atoms in total. The van der Waals surface area contributed by atoms with Gasteiger partial charge in [0, 0.05) is 41.5 Å². The van der Waals surface area contributed by atoms with Crippen LogP contribution in [0.25, 0.3) is 22.3 Å². The topological polar surface area (TPSA) is 7.76 Å². The predicted molar refractivity (Wildman–Crippen MR) is 124 cm³/mol. The van der Waals surface area contributed by atoms with Crippen LogP contribution >= 0.6 is 0 Å². The van der Waals surface area contributed by atoms with Crippen molar-refractivity contribution in [1.82, 2.24) is 0 Å². The molecule has 156 valence electrons. The second kappa shape index (κ2) is 8.34. The lowest BCUT2D eigenvalue weighted by Gasteiger charge is -2.21. The molecule has 1 aliphatic carbocycles. The number of hydrogen-bond donors (Lipinski definition) is 0. The zero-order valence-electron chi connectivity index (χ0n) is 19.3. The predicted octanol–water partition coefficient (Wildman–Crippen LogP) is 6.14. The van der Waals surface area contributed by atoms with Crippen LogP contribution in [0.3, 0.4) is 0 Å². The van der Waals surface area contributed by atoms with Crippen LogP contribution in [-0.4, -0.2) is 0 Å². The molecule has 2 aromatic heterocycles. The van der Waals surface area contributed by atoms with Gasteiger partial charge in [0.1, 0.15) is 13.1 Å². The van der Waals surface area contributed by atoms with E-state index in [1.165, 1.54) is 64.6 Å². The molecule has 2 heteroatoms. The minimum atomic E-state index is 0.0274. The van der Waals surface area contributed by atoms with Crippen LogP contribution < -0.4 is 9.13 Å². The number of pyridine rings is 2. The number of unbranched alkanes of at least 4 members (excludes halogenated alkanes) is 2. The highest BCUT2D eigenvalue weighted by Crippen LogP contribution is 2.49. The Morgan fingerprint density at radius 3 is 1.97 bits per heavy atom. The Balaban J connectivity index is 1.71. The van der Waals surface area contributed by atoms with Gasteiger partial charge < -0.3 is 0 Å². The van der Waals surface area contributed by atoms with Crippen molar-refractivity contribution in [2.24, 2.45) is 0 Å². The number of nitrogens with zero attached hydrogens (tertiary/aromatic N) is 2. The molecule has 4 rings (SSSR count). The first-order valence-corrected chi connectivity index (χ1v) is 11.6. The molecule has 0 amide bonds. The van der Waals surface area contributed by atoms with E-state index < -0.39 is 0 Å². The van der Waals surface area contributed by atoms with Crippen molar-refractivity contribution in [2.75, 3.05) is 0 Å². The van der Waals surface area contributed by atoms with Crippen LogP contribution in [0.4, 0.5) is 0 Å². The molecule has 0 unspecified atom stereocenters. The zero-order chi connectivity index (χ0) is 21.3. The SMILES string of the molecule is CCCC[n+]1ccc(-c2ccc3c(c2)C(C)(C)c2c[n+](CCCC)ccc2-3)c(C)c1. The summed E-state index contributed by atoms with van der Waals surface area (Å²) in [5.74, 6) is 0. The number of rotatable bonds is 7. The van der Waals surface area contributed by atoms with E-state index in [0.717, 1.165) is 13.1 Å². The third-order valence-electron chi connectivity index (χ3n) is 6.74. The fourth-order valence-corrected chi connectivity index (χ4v) is 4.83. The summed E-state index contributed by atoms with van der Waals surface area (Å²) in [7, 11) is 0. The summed E-state index contributed by atoms with van der Waals surface area (Å²) in [4.78, 5) is 0. The first kappa shape index (κ1) is 20.8. The Labute approximate surface area is 182 Å². The van der Waals surface area contributed by atoms with Crippen LogP contribution in [0.1, 0.15) is 70.1 Å². The fourth-order valence-electron chi connectivity index (χ4n) is 4.83. The summed E-state index contributed by atoms with van der Waals surface area (Å²) in [6.07, 6.45) is 14.1. The maximum absolute atomic E-state index is 2.43. The Kier molecular flexibility index (Phi) is 5.77. The van der Waals surface area contributed by atoms with Gasteiger partial charge in [0.05, 0.1) is 0 Å². The molecule has 3 aromatic rings. The maximum atomic E-state index is 2.43. The molecule has 0 saturated heterocycles. The van der Waals surface area contributed by atoms with Gasteiger partial charge in [-0.05, 0) is 40.8 Å². The molecule has 0 aliphatic heterocycles. The third kappa shape index (κ3) is 3.69. The standard InChI is InChI=1S/C28H36N2/c1-6-8-14-29-16-12-23(21(3)19-29)22-10-11-24-25-13-17-30(15-9-7-2)20-27(25)28(4,5)26(24)18-22/h10-13,16-20H,6-9,14-15H2,1-5H3/q+2. The lowest BCUT2D eigenvalue weighted by molar-refractivity contribution is -0.697. The molecular formula is C28H36N2+2. The maximum Gasteiger partial charge on any atom is 0.173 e. The van der Waals surface area contributed by atoms with Crippen molar-refractivity contribution in [3.63, 3.8) is 0 Å². The van der Waals surface area contributed by atoms with Gasteiger partial charge >= 0.3 is 0 Å². The Morgan fingerprint density at radius 2 is 1.33 bits per heavy atom. The molecular weight excluding hydrogens is 364 g/mol. The molecule has 0 N–H and O–H groups in total. The number of aromatic nitrogens is 2. The minimum absolute atomic E-state index is 0.0274. The van der Waals surface area contributed by atoms with Crippen molar-refractivity contribution in [1.29, 1.82) is 0 Å². The zero-order valence-corrected chi connectivity index (χ0v) is 19.3. The average molecular weight is 401 g/mol. The molecule has 0 saturated carbocycles. The fraction of sp³-hybridized carbons (Fsp3) is 0.429. The minimum Gasteiger partial charge on any atom is -0.205 e. The molecule has 0 radical (unpaired) electrons. The normalized spacial score (nSPS) is 13.9. The molecule has 1 aliphatic rings. The molecule has 2 heterocycles. The highest BCUT2D eigenvalue weighted by molar-refractivity contribution is 5.83. The van der Waals surface area contributed by atoms with E-state index in [-0.39, 0.29) is 5.41 Å². The summed E-state index contributed by atoms with van der Waals surface area (Å²) in [5, 5.41) is 0. The van der Waals surface area contributed by atoms with Gasteiger partial charge in [0.25, 0.3) is 0 Å². The Hall–Kier alpha value is -2.48. The lowest BCUT2D eigenvalue weighted by Crippen LogP contribution is -2.34. The molecule has 30 heavy (non-hydrogen) atoms. The highest BCUT2D eigenvalue weighted by atomic mass is 14.9. The van der Waals surface area contributed by atoms with E-state index in [1.807, 2.05) is 0 Å². The number of benzene rings is 1. The van der Waals surface area contributed by atoms with Crippen LogP contribution in [0, 0.1) is 6.92 Å². The first-order chi connectivity index (χ1) is 14.5. The Bertz CT molecular complexity index is 1060. The number of fused-ring (bicyclic) bond motifs is 3. The van der Waals surface area contributed by atoms with Crippen molar-refractivity contribution in [3.8, 4) is 22.3 Å². The third-order valence-corrected chi connectivity index (χ3v) is 6.74. The summed E-state index contributed by atoms with van der Waals surface area (Å²) >= 11 is 0. The number of aryl methyl sites for hydroxylation is 3. The summed E-state index contributed by atoms with van der Waals surface area (Å²) in [5.41, 5.74) is 9.74. The highest BCUT2D eigenvalue weighted by Gasteiger charge is 2.38. The molecule has 0 fully saturated rings. The van der Waals surface area contributed by atoms with Crippen molar-refractivity contribution >= 4 is 0 Å². The monoisotopic (exact) mass is 400 g/mol. The lowest BCUT2D eigenvalue weighted by atomic mass is 9.82. The smallest absolute Gasteiger partial charge is 0.173 e. The van der Waals surface area contributed by atoms with Crippen LogP contribution in [0.15, 0.2) is 55.1 Å². The van der Waals surface area contributed by atoms with Crippen molar-refractivity contribution in [3.05, 3.63) is 71.8 Å². The first-order valence-electron chi connectivity index (χ1n) is 11.6. The largest absolute Gasteiger partial charge is 0.205 e. The van der Waals surface area contributed by atoms with E-state index in [4.69, 9.17) is 0 Å². The van der Waals surface area contributed by atoms with Crippen LogP contribution in [-0.2, 0) is 18.5 Å². The quantitative estimate of drug-likeness (QED) is 0.421. The van der Waals surface area contributed by atoms with Gasteiger partial charge in [-0.3, -0.25) is 0 Å². The van der Waals surface area contributed by atoms with Crippen LogP contribution in [0.2, 0.25) is 0 Å². The van der Waals surface area contributed by atoms with E-state index >= 15 is 0 Å². The molecule has 1 aromatic carbocycles. The summed E-state index contributed by atoms with van der Waals surface area (Å²) < 4.78 is 4.69. The van der Waals surface area contributed by atoms with Crippen LogP contribution in [0.5, 0.6) is 0 Å². The molecule has 0 bridgehead atoms. The van der Waals surface area contributed by atoms with Gasteiger partial charge in [-0.1, -0.05) is 52.7 Å². The average Bonchev–Trinajstić information content (AvgIpc) is 2.97.